The smallest absolute Gasteiger partial charge is 0.159 e. The Hall–Kier alpha value is -1.90. The molecule has 0 amide bonds. The van der Waals surface area contributed by atoms with Gasteiger partial charge in [0.05, 0.1) is 19.0 Å². The van der Waals surface area contributed by atoms with Crippen molar-refractivity contribution >= 4 is 0 Å². The highest BCUT2D eigenvalue weighted by molar-refractivity contribution is 5.55. The van der Waals surface area contributed by atoms with Gasteiger partial charge in [-0.2, -0.15) is 0 Å². The second-order valence-corrected chi connectivity index (χ2v) is 3.54. The van der Waals surface area contributed by atoms with Crippen molar-refractivity contribution in [2.24, 2.45) is 0 Å². The number of aromatic nitrogens is 2. The Morgan fingerprint density at radius 3 is 2.56 bits per heavy atom. The predicted octanol–water partition coefficient (Wildman–Crippen LogP) is 2.85. The van der Waals surface area contributed by atoms with Gasteiger partial charge in [0.1, 0.15) is 0 Å². The number of aryl methyl sites for hydroxylation is 1. The third-order valence-electron chi connectivity index (χ3n) is 2.22. The molecule has 0 radical (unpaired) electrons. The maximum absolute atomic E-state index is 5.30. The van der Waals surface area contributed by atoms with Crippen LogP contribution in [0.15, 0.2) is 36.7 Å². The number of rotatable bonds is 3. The molecule has 82 valence electrons. The fourth-order valence-electron chi connectivity index (χ4n) is 1.49. The van der Waals surface area contributed by atoms with Crippen molar-refractivity contribution in [2.75, 3.05) is 6.61 Å². The molecule has 0 saturated carbocycles. The summed E-state index contributed by atoms with van der Waals surface area (Å²) in [6.45, 7) is 4.62. The van der Waals surface area contributed by atoms with Gasteiger partial charge < -0.3 is 4.74 Å². The highest BCUT2D eigenvalue weighted by Crippen LogP contribution is 2.17. The van der Waals surface area contributed by atoms with Crippen LogP contribution < -0.4 is 4.74 Å². The molecule has 0 N–H and O–H groups in total. The molecule has 0 bridgehead atoms. The minimum Gasteiger partial charge on any atom is -0.491 e. The first kappa shape index (κ1) is 10.6. The Morgan fingerprint density at radius 1 is 1.19 bits per heavy atom. The Morgan fingerprint density at radius 2 is 1.94 bits per heavy atom. The summed E-state index contributed by atoms with van der Waals surface area (Å²) in [5.74, 6) is 1.44. The molecule has 1 heterocycles. The van der Waals surface area contributed by atoms with Crippen LogP contribution in [-0.2, 0) is 0 Å². The van der Waals surface area contributed by atoms with Gasteiger partial charge in [0, 0.05) is 5.56 Å². The van der Waals surface area contributed by atoms with Gasteiger partial charge in [-0.25, -0.2) is 9.97 Å². The molecular formula is C13H14N2O. The van der Waals surface area contributed by atoms with E-state index in [1.165, 1.54) is 5.56 Å². The summed E-state index contributed by atoms with van der Waals surface area (Å²) < 4.78 is 5.30. The molecule has 0 fully saturated rings. The standard InChI is InChI=1S/C13H14N2O/c1-3-16-12-8-14-13(15-9-12)11-6-4-5-10(2)7-11/h4-9H,3H2,1-2H3. The summed E-state index contributed by atoms with van der Waals surface area (Å²) in [5, 5.41) is 0. The fourth-order valence-corrected chi connectivity index (χ4v) is 1.49. The minimum absolute atomic E-state index is 0.632. The van der Waals surface area contributed by atoms with Gasteiger partial charge in [-0.3, -0.25) is 0 Å². The molecule has 3 heteroatoms. The van der Waals surface area contributed by atoms with E-state index in [-0.39, 0.29) is 0 Å². The maximum atomic E-state index is 5.30. The topological polar surface area (TPSA) is 35.0 Å². The van der Waals surface area contributed by atoms with Crippen LogP contribution in [0, 0.1) is 6.92 Å². The Labute approximate surface area is 95.1 Å². The average molecular weight is 214 g/mol. The van der Waals surface area contributed by atoms with Gasteiger partial charge in [0.25, 0.3) is 0 Å². The van der Waals surface area contributed by atoms with Crippen molar-refractivity contribution in [3.63, 3.8) is 0 Å². The average Bonchev–Trinajstić information content (AvgIpc) is 2.30. The van der Waals surface area contributed by atoms with Gasteiger partial charge in [0.2, 0.25) is 0 Å². The lowest BCUT2D eigenvalue weighted by molar-refractivity contribution is 0.337. The lowest BCUT2D eigenvalue weighted by Crippen LogP contribution is -1.95. The van der Waals surface area contributed by atoms with Gasteiger partial charge in [-0.15, -0.1) is 0 Å². The van der Waals surface area contributed by atoms with E-state index in [4.69, 9.17) is 4.74 Å². The van der Waals surface area contributed by atoms with Crippen molar-refractivity contribution in [3.05, 3.63) is 42.2 Å². The summed E-state index contributed by atoms with van der Waals surface area (Å²) in [5.41, 5.74) is 2.23. The van der Waals surface area contributed by atoms with E-state index in [0.29, 0.717) is 12.4 Å². The molecule has 0 aliphatic rings. The molecular weight excluding hydrogens is 200 g/mol. The highest BCUT2D eigenvalue weighted by atomic mass is 16.5. The van der Waals surface area contributed by atoms with Crippen molar-refractivity contribution in [1.29, 1.82) is 0 Å². The maximum Gasteiger partial charge on any atom is 0.159 e. The molecule has 3 nitrogen and oxygen atoms in total. The van der Waals surface area contributed by atoms with Gasteiger partial charge in [-0.05, 0) is 19.9 Å². The van der Waals surface area contributed by atoms with Crippen LogP contribution in [0.25, 0.3) is 11.4 Å². The lowest BCUT2D eigenvalue weighted by atomic mass is 10.1. The van der Waals surface area contributed by atoms with Crippen LogP contribution in [0.4, 0.5) is 0 Å². The molecule has 0 unspecified atom stereocenters. The lowest BCUT2D eigenvalue weighted by Gasteiger charge is -2.03. The second kappa shape index (κ2) is 4.75. The Balaban J connectivity index is 2.27. The number of hydrogen-bond donors (Lipinski definition) is 0. The first-order chi connectivity index (χ1) is 7.79. The van der Waals surface area contributed by atoms with E-state index in [9.17, 15) is 0 Å². The molecule has 2 aromatic rings. The first-order valence-electron chi connectivity index (χ1n) is 5.31. The fraction of sp³-hybridized carbons (Fsp3) is 0.231. The van der Waals surface area contributed by atoms with Crippen molar-refractivity contribution in [2.45, 2.75) is 13.8 Å². The molecule has 0 spiro atoms. The zero-order valence-electron chi connectivity index (χ0n) is 9.47. The third kappa shape index (κ3) is 2.37. The van der Waals surface area contributed by atoms with E-state index in [1.807, 2.05) is 19.1 Å². The summed E-state index contributed by atoms with van der Waals surface area (Å²) in [6.07, 6.45) is 3.41. The normalized spacial score (nSPS) is 10.1. The van der Waals surface area contributed by atoms with E-state index < -0.39 is 0 Å². The molecule has 1 aromatic carbocycles. The zero-order valence-corrected chi connectivity index (χ0v) is 9.47. The van der Waals surface area contributed by atoms with Gasteiger partial charge in [0.15, 0.2) is 11.6 Å². The van der Waals surface area contributed by atoms with E-state index in [0.717, 1.165) is 11.4 Å². The number of hydrogen-bond acceptors (Lipinski definition) is 3. The number of benzene rings is 1. The second-order valence-electron chi connectivity index (χ2n) is 3.54. The van der Waals surface area contributed by atoms with E-state index >= 15 is 0 Å². The van der Waals surface area contributed by atoms with E-state index in [1.54, 1.807) is 12.4 Å². The van der Waals surface area contributed by atoms with Crippen LogP contribution in [0.1, 0.15) is 12.5 Å². The molecule has 0 saturated heterocycles. The largest absolute Gasteiger partial charge is 0.491 e. The van der Waals surface area contributed by atoms with Crippen molar-refractivity contribution in [3.8, 4) is 17.1 Å². The van der Waals surface area contributed by atoms with Gasteiger partial charge >= 0.3 is 0 Å². The first-order valence-corrected chi connectivity index (χ1v) is 5.31. The molecule has 1 aromatic heterocycles. The summed E-state index contributed by atoms with van der Waals surface area (Å²) in [4.78, 5) is 8.55. The molecule has 0 atom stereocenters. The van der Waals surface area contributed by atoms with Crippen LogP contribution in [-0.4, -0.2) is 16.6 Å². The predicted molar refractivity (Wildman–Crippen MR) is 63.4 cm³/mol. The number of ether oxygens (including phenoxy) is 1. The summed E-state index contributed by atoms with van der Waals surface area (Å²) in [7, 11) is 0. The van der Waals surface area contributed by atoms with E-state index in [2.05, 4.69) is 29.0 Å². The quantitative estimate of drug-likeness (QED) is 0.788. The molecule has 0 aliphatic carbocycles. The molecule has 16 heavy (non-hydrogen) atoms. The van der Waals surface area contributed by atoms with Crippen LogP contribution >= 0.6 is 0 Å². The van der Waals surface area contributed by atoms with Crippen LogP contribution in [0.5, 0.6) is 5.75 Å². The SMILES string of the molecule is CCOc1cnc(-c2cccc(C)c2)nc1. The van der Waals surface area contributed by atoms with Gasteiger partial charge in [-0.1, -0.05) is 23.8 Å². The Bertz CT molecular complexity index is 466. The van der Waals surface area contributed by atoms with Crippen molar-refractivity contribution < 1.29 is 4.74 Å². The Kier molecular flexibility index (Phi) is 3.15. The monoisotopic (exact) mass is 214 g/mol. The highest BCUT2D eigenvalue weighted by Gasteiger charge is 2.01. The minimum atomic E-state index is 0.632. The van der Waals surface area contributed by atoms with Crippen LogP contribution in [0.2, 0.25) is 0 Å². The summed E-state index contributed by atoms with van der Waals surface area (Å²) in [6, 6.07) is 8.13. The molecule has 2 rings (SSSR count). The van der Waals surface area contributed by atoms with Crippen molar-refractivity contribution in [1.82, 2.24) is 9.97 Å². The molecule has 0 aliphatic heterocycles. The summed E-state index contributed by atoms with van der Waals surface area (Å²) >= 11 is 0. The zero-order chi connectivity index (χ0) is 11.4. The third-order valence-corrected chi connectivity index (χ3v) is 2.22. The number of nitrogens with zero attached hydrogens (tertiary/aromatic N) is 2. The van der Waals surface area contributed by atoms with Crippen LogP contribution in [0.3, 0.4) is 0 Å².